The van der Waals surface area contributed by atoms with Gasteiger partial charge in [0, 0.05) is 30.6 Å². The normalized spacial score (nSPS) is 13.1. The summed E-state index contributed by atoms with van der Waals surface area (Å²) in [4.78, 5) is 0. The summed E-state index contributed by atoms with van der Waals surface area (Å²) in [5, 5.41) is 4.13. The Morgan fingerprint density at radius 1 is 1.62 bits per heavy atom. The quantitative estimate of drug-likeness (QED) is 0.540. The van der Waals surface area contributed by atoms with Gasteiger partial charge in [0.25, 0.3) is 0 Å². The lowest BCUT2D eigenvalue weighted by atomic mass is 10.3. The van der Waals surface area contributed by atoms with Crippen molar-refractivity contribution in [3.05, 3.63) is 18.5 Å². The highest BCUT2D eigenvalue weighted by atomic mass is 35.5. The first kappa shape index (κ1) is 10.9. The lowest BCUT2D eigenvalue weighted by molar-refractivity contribution is 0.665. The lowest BCUT2D eigenvalue weighted by Gasteiger charge is -2.06. The molecule has 1 rings (SSSR count). The molecule has 0 aliphatic heterocycles. The molecule has 4 heteroatoms. The largest absolute Gasteiger partial charge is 0.272 e. The van der Waals surface area contributed by atoms with E-state index in [0.717, 1.165) is 23.9 Å². The van der Waals surface area contributed by atoms with E-state index in [9.17, 15) is 0 Å². The molecule has 0 saturated carbocycles. The molecule has 0 spiro atoms. The highest BCUT2D eigenvalue weighted by molar-refractivity contribution is 7.99. The van der Waals surface area contributed by atoms with Gasteiger partial charge in [-0.05, 0) is 17.7 Å². The Morgan fingerprint density at radius 2 is 2.46 bits per heavy atom. The van der Waals surface area contributed by atoms with E-state index in [1.807, 2.05) is 34.9 Å². The fraction of sp³-hybridized carbons (Fsp3) is 0.667. The highest BCUT2D eigenvalue weighted by Crippen LogP contribution is 2.09. The molecule has 0 radical (unpaired) electrons. The van der Waals surface area contributed by atoms with Crippen molar-refractivity contribution >= 4 is 23.4 Å². The van der Waals surface area contributed by atoms with Gasteiger partial charge in [0.05, 0.1) is 0 Å². The third-order valence-electron chi connectivity index (χ3n) is 1.69. The van der Waals surface area contributed by atoms with Crippen LogP contribution in [0.15, 0.2) is 18.5 Å². The first-order valence-electron chi connectivity index (χ1n) is 4.44. The Kier molecular flexibility index (Phi) is 5.32. The summed E-state index contributed by atoms with van der Waals surface area (Å²) in [5.41, 5.74) is 0. The van der Waals surface area contributed by atoms with Crippen LogP contribution in [0.2, 0.25) is 0 Å². The average molecular weight is 219 g/mol. The van der Waals surface area contributed by atoms with Gasteiger partial charge in [-0.15, -0.1) is 11.6 Å². The van der Waals surface area contributed by atoms with E-state index >= 15 is 0 Å². The molecular formula is C9H15ClN2S. The number of rotatable bonds is 6. The predicted molar refractivity (Wildman–Crippen MR) is 59.4 cm³/mol. The first-order valence-corrected chi connectivity index (χ1v) is 6.13. The molecular weight excluding hydrogens is 204 g/mol. The minimum atomic E-state index is 0.615. The Bertz CT molecular complexity index is 213. The number of nitrogens with zero attached hydrogens (tertiary/aromatic N) is 2. The molecule has 1 atom stereocenters. The van der Waals surface area contributed by atoms with Crippen LogP contribution in [0.4, 0.5) is 0 Å². The summed E-state index contributed by atoms with van der Waals surface area (Å²) < 4.78 is 1.96. The van der Waals surface area contributed by atoms with Crippen LogP contribution in [-0.4, -0.2) is 27.2 Å². The van der Waals surface area contributed by atoms with E-state index in [4.69, 9.17) is 11.6 Å². The van der Waals surface area contributed by atoms with Crippen LogP contribution in [-0.2, 0) is 6.54 Å². The van der Waals surface area contributed by atoms with Crippen molar-refractivity contribution in [1.29, 1.82) is 0 Å². The molecule has 1 heterocycles. The van der Waals surface area contributed by atoms with Crippen LogP contribution in [0.25, 0.3) is 0 Å². The van der Waals surface area contributed by atoms with E-state index in [1.165, 1.54) is 0 Å². The maximum atomic E-state index is 5.70. The second kappa shape index (κ2) is 6.33. The zero-order chi connectivity index (χ0) is 9.52. The number of thioether (sulfide) groups is 1. The van der Waals surface area contributed by atoms with Crippen molar-refractivity contribution in [2.24, 2.45) is 5.92 Å². The number of aromatic nitrogens is 2. The van der Waals surface area contributed by atoms with Crippen LogP contribution < -0.4 is 0 Å². The molecule has 1 unspecified atom stereocenters. The molecule has 0 saturated heterocycles. The smallest absolute Gasteiger partial charge is 0.0499 e. The van der Waals surface area contributed by atoms with Crippen molar-refractivity contribution in [3.8, 4) is 0 Å². The van der Waals surface area contributed by atoms with E-state index in [0.29, 0.717) is 5.92 Å². The maximum absolute atomic E-state index is 5.70. The molecule has 1 aromatic heterocycles. The third kappa shape index (κ3) is 4.58. The van der Waals surface area contributed by atoms with Gasteiger partial charge < -0.3 is 0 Å². The van der Waals surface area contributed by atoms with Crippen LogP contribution >= 0.6 is 23.4 Å². The van der Waals surface area contributed by atoms with Gasteiger partial charge in [-0.1, -0.05) is 6.92 Å². The number of hydrogen-bond donors (Lipinski definition) is 0. The molecule has 2 nitrogen and oxygen atoms in total. The Morgan fingerprint density at radius 3 is 3.08 bits per heavy atom. The zero-order valence-electron chi connectivity index (χ0n) is 7.82. The number of aryl methyl sites for hydroxylation is 1. The van der Waals surface area contributed by atoms with Gasteiger partial charge in [0.2, 0.25) is 0 Å². The molecule has 0 amide bonds. The monoisotopic (exact) mass is 218 g/mol. The molecule has 0 fully saturated rings. The van der Waals surface area contributed by atoms with Crippen LogP contribution in [0.1, 0.15) is 6.92 Å². The Hall–Kier alpha value is -0.150. The van der Waals surface area contributed by atoms with Crippen molar-refractivity contribution in [2.45, 2.75) is 13.5 Å². The van der Waals surface area contributed by atoms with E-state index in [2.05, 4.69) is 12.0 Å². The van der Waals surface area contributed by atoms with E-state index in [-0.39, 0.29) is 0 Å². The summed E-state index contributed by atoms with van der Waals surface area (Å²) in [6, 6.07) is 1.95. The van der Waals surface area contributed by atoms with Gasteiger partial charge in [0.15, 0.2) is 0 Å². The first-order chi connectivity index (χ1) is 6.33. The third-order valence-corrected chi connectivity index (χ3v) is 3.49. The molecule has 0 aliphatic carbocycles. The molecule has 0 bridgehead atoms. The number of alkyl halides is 1. The second-order valence-corrected chi connectivity index (χ2v) is 4.56. The van der Waals surface area contributed by atoms with Crippen LogP contribution in [0.3, 0.4) is 0 Å². The highest BCUT2D eigenvalue weighted by Gasteiger charge is 1.99. The van der Waals surface area contributed by atoms with Gasteiger partial charge in [-0.2, -0.15) is 16.9 Å². The van der Waals surface area contributed by atoms with Gasteiger partial charge >= 0.3 is 0 Å². The molecule has 74 valence electrons. The fourth-order valence-corrected chi connectivity index (χ4v) is 2.16. The van der Waals surface area contributed by atoms with Crippen molar-refractivity contribution in [2.75, 3.05) is 17.4 Å². The van der Waals surface area contributed by atoms with Gasteiger partial charge in [-0.25, -0.2) is 0 Å². The summed E-state index contributed by atoms with van der Waals surface area (Å²) in [6.07, 6.45) is 3.80. The average Bonchev–Trinajstić information content (AvgIpc) is 2.64. The van der Waals surface area contributed by atoms with E-state index < -0.39 is 0 Å². The minimum absolute atomic E-state index is 0.615. The summed E-state index contributed by atoms with van der Waals surface area (Å²) in [6.45, 7) is 3.17. The number of hydrogen-bond acceptors (Lipinski definition) is 2. The summed E-state index contributed by atoms with van der Waals surface area (Å²) in [5.74, 6) is 3.63. The second-order valence-electron chi connectivity index (χ2n) is 3.10. The van der Waals surface area contributed by atoms with Crippen LogP contribution in [0, 0.1) is 5.92 Å². The van der Waals surface area contributed by atoms with Crippen molar-refractivity contribution < 1.29 is 0 Å². The van der Waals surface area contributed by atoms with Gasteiger partial charge in [0.1, 0.15) is 0 Å². The molecule has 0 aliphatic rings. The summed E-state index contributed by atoms with van der Waals surface area (Å²) >= 11 is 7.64. The Labute approximate surface area is 88.7 Å². The van der Waals surface area contributed by atoms with Gasteiger partial charge in [-0.3, -0.25) is 4.68 Å². The minimum Gasteiger partial charge on any atom is -0.272 e. The molecule has 0 N–H and O–H groups in total. The standard InChI is InChI=1S/C9H15ClN2S/c1-9(7-10)8-13-6-5-12-4-2-3-11-12/h2-4,9H,5-8H2,1H3. The maximum Gasteiger partial charge on any atom is 0.0499 e. The topological polar surface area (TPSA) is 17.8 Å². The zero-order valence-corrected chi connectivity index (χ0v) is 9.39. The lowest BCUT2D eigenvalue weighted by Crippen LogP contribution is -2.04. The fourth-order valence-electron chi connectivity index (χ4n) is 0.920. The Balaban J connectivity index is 2.02. The van der Waals surface area contributed by atoms with E-state index in [1.54, 1.807) is 0 Å². The van der Waals surface area contributed by atoms with Crippen LogP contribution in [0.5, 0.6) is 0 Å². The molecule has 13 heavy (non-hydrogen) atoms. The number of halogens is 1. The molecule has 1 aromatic rings. The predicted octanol–water partition coefficient (Wildman–Crippen LogP) is 2.49. The summed E-state index contributed by atoms with van der Waals surface area (Å²) in [7, 11) is 0. The van der Waals surface area contributed by atoms with Crippen molar-refractivity contribution in [1.82, 2.24) is 9.78 Å². The molecule has 0 aromatic carbocycles. The SMILES string of the molecule is CC(CCl)CSCCn1cccn1. The van der Waals surface area contributed by atoms with Crippen molar-refractivity contribution in [3.63, 3.8) is 0 Å².